The van der Waals surface area contributed by atoms with Crippen LogP contribution in [0.15, 0.2) is 18.2 Å². The van der Waals surface area contributed by atoms with Crippen LogP contribution in [-0.4, -0.2) is 24.2 Å². The Labute approximate surface area is 128 Å². The molecule has 1 atom stereocenters. The molecule has 1 aromatic carbocycles. The van der Waals surface area contributed by atoms with Crippen LogP contribution in [0, 0.1) is 5.82 Å². The molecule has 0 radical (unpaired) electrons. The van der Waals surface area contributed by atoms with E-state index in [-0.39, 0.29) is 10.6 Å². The van der Waals surface area contributed by atoms with E-state index in [9.17, 15) is 17.6 Å². The summed E-state index contributed by atoms with van der Waals surface area (Å²) in [7, 11) is -3.84. The number of aliphatic carboxylic acids is 1. The zero-order chi connectivity index (χ0) is 16.4. The largest absolute Gasteiger partial charge is 0.481 e. The number of halogens is 2. The van der Waals surface area contributed by atoms with E-state index in [2.05, 4.69) is 4.72 Å². The number of hydrogen-bond acceptors (Lipinski definition) is 3. The summed E-state index contributed by atoms with van der Waals surface area (Å²) in [4.78, 5) is 10.9. The maximum Gasteiger partial charge on any atom is 0.305 e. The van der Waals surface area contributed by atoms with Gasteiger partial charge in [0.05, 0.1) is 22.2 Å². The van der Waals surface area contributed by atoms with E-state index in [1.54, 1.807) is 0 Å². The minimum absolute atomic E-state index is 0.0993. The molecule has 0 saturated heterocycles. The van der Waals surface area contributed by atoms with Crippen LogP contribution in [-0.2, 0) is 14.8 Å². The van der Waals surface area contributed by atoms with Crippen molar-refractivity contribution in [1.29, 1.82) is 0 Å². The van der Waals surface area contributed by atoms with Gasteiger partial charge >= 0.3 is 5.97 Å². The molecule has 0 bridgehead atoms. The molecule has 0 unspecified atom stereocenters. The standard InChI is InChI=1S/C13H17ClFNO4S/c1-13(2,3)21(19,20)16-10(7-11(17)18)8-5-4-6-9(14)12(8)15/h4-6,10,16H,7H2,1-3H3,(H,17,18)/t10-/m0/s1. The van der Waals surface area contributed by atoms with Gasteiger partial charge in [-0.2, -0.15) is 0 Å². The maximum atomic E-state index is 14.0. The second-order valence-electron chi connectivity index (χ2n) is 5.53. The van der Waals surface area contributed by atoms with Crippen LogP contribution in [0.2, 0.25) is 5.02 Å². The Balaban J connectivity index is 3.25. The molecule has 0 fully saturated rings. The van der Waals surface area contributed by atoms with Crippen molar-refractivity contribution < 1.29 is 22.7 Å². The van der Waals surface area contributed by atoms with Crippen molar-refractivity contribution >= 4 is 27.6 Å². The molecule has 1 rings (SSSR count). The van der Waals surface area contributed by atoms with Crippen molar-refractivity contribution in [3.63, 3.8) is 0 Å². The molecule has 8 heteroatoms. The predicted molar refractivity (Wildman–Crippen MR) is 78.2 cm³/mol. The number of carboxylic acids is 1. The molecule has 1 aromatic rings. The lowest BCUT2D eigenvalue weighted by Crippen LogP contribution is -2.42. The maximum absolute atomic E-state index is 14.0. The average molecular weight is 338 g/mol. The Bertz CT molecular complexity index is 640. The third kappa shape index (κ3) is 4.39. The molecule has 2 N–H and O–H groups in total. The molecule has 0 saturated carbocycles. The van der Waals surface area contributed by atoms with Crippen LogP contribution in [0.1, 0.15) is 38.8 Å². The van der Waals surface area contributed by atoms with Gasteiger partial charge in [-0.1, -0.05) is 23.7 Å². The summed E-state index contributed by atoms with van der Waals surface area (Å²) >= 11 is 5.66. The Morgan fingerprint density at radius 2 is 2.00 bits per heavy atom. The summed E-state index contributed by atoms with van der Waals surface area (Å²) in [5.74, 6) is -2.09. The first-order valence-electron chi connectivity index (χ1n) is 6.13. The van der Waals surface area contributed by atoms with E-state index < -0.39 is 39.0 Å². The topological polar surface area (TPSA) is 83.5 Å². The summed E-state index contributed by atoms with van der Waals surface area (Å²) in [6, 6.07) is 2.81. The minimum Gasteiger partial charge on any atom is -0.481 e. The smallest absolute Gasteiger partial charge is 0.305 e. The highest BCUT2D eigenvalue weighted by Crippen LogP contribution is 2.27. The molecule has 21 heavy (non-hydrogen) atoms. The Kier molecular flexibility index (Phi) is 5.35. The van der Waals surface area contributed by atoms with Crippen molar-refractivity contribution in [3.8, 4) is 0 Å². The summed E-state index contributed by atoms with van der Waals surface area (Å²) in [6.45, 7) is 4.38. The van der Waals surface area contributed by atoms with Gasteiger partial charge in [0, 0.05) is 5.56 Å². The van der Waals surface area contributed by atoms with Crippen molar-refractivity contribution in [2.45, 2.75) is 38.0 Å². The number of carbonyl (C=O) groups is 1. The average Bonchev–Trinajstić information content (AvgIpc) is 2.29. The molecule has 0 heterocycles. The predicted octanol–water partition coefficient (Wildman–Crippen LogP) is 2.71. The first-order chi connectivity index (χ1) is 9.45. The van der Waals surface area contributed by atoms with Crippen molar-refractivity contribution in [2.24, 2.45) is 0 Å². The van der Waals surface area contributed by atoms with E-state index in [0.29, 0.717) is 0 Å². The summed E-state index contributed by atoms with van der Waals surface area (Å²) in [5, 5.41) is 8.72. The van der Waals surface area contributed by atoms with Gasteiger partial charge in [0.2, 0.25) is 10.0 Å². The summed E-state index contributed by atoms with van der Waals surface area (Å²) < 4.78 is 39.4. The fourth-order valence-corrected chi connectivity index (χ4v) is 2.66. The highest BCUT2D eigenvalue weighted by Gasteiger charge is 2.33. The van der Waals surface area contributed by atoms with Crippen LogP contribution in [0.4, 0.5) is 4.39 Å². The molecule has 0 aliphatic rings. The summed E-state index contributed by atoms with van der Waals surface area (Å²) in [6.07, 6.45) is -0.591. The Hall–Kier alpha value is -1.18. The van der Waals surface area contributed by atoms with E-state index in [0.717, 1.165) is 0 Å². The second kappa shape index (κ2) is 6.29. The van der Waals surface area contributed by atoms with E-state index in [4.69, 9.17) is 16.7 Å². The Morgan fingerprint density at radius 1 is 1.43 bits per heavy atom. The van der Waals surface area contributed by atoms with Crippen LogP contribution in [0.5, 0.6) is 0 Å². The number of carboxylic acid groups (broad SMARTS) is 1. The van der Waals surface area contributed by atoms with Gasteiger partial charge in [-0.25, -0.2) is 17.5 Å². The fourth-order valence-electron chi connectivity index (χ4n) is 1.54. The van der Waals surface area contributed by atoms with Gasteiger partial charge in [-0.15, -0.1) is 0 Å². The first kappa shape index (κ1) is 17.9. The number of hydrogen-bond donors (Lipinski definition) is 2. The van der Waals surface area contributed by atoms with Crippen LogP contribution < -0.4 is 4.72 Å². The zero-order valence-corrected chi connectivity index (χ0v) is 13.4. The molecule has 118 valence electrons. The normalized spacial score (nSPS) is 14.0. The zero-order valence-electron chi connectivity index (χ0n) is 11.9. The van der Waals surface area contributed by atoms with Gasteiger partial charge in [-0.05, 0) is 26.8 Å². The molecule has 0 amide bonds. The molecular formula is C13H17ClFNO4S. The lowest BCUT2D eigenvalue weighted by molar-refractivity contribution is -0.137. The number of nitrogens with one attached hydrogen (secondary N) is 1. The molecule has 5 nitrogen and oxygen atoms in total. The van der Waals surface area contributed by atoms with Gasteiger partial charge in [0.1, 0.15) is 5.82 Å². The molecule has 0 aromatic heterocycles. The lowest BCUT2D eigenvalue weighted by atomic mass is 10.0. The minimum atomic E-state index is -3.84. The third-order valence-electron chi connectivity index (χ3n) is 2.84. The number of sulfonamides is 1. The van der Waals surface area contributed by atoms with Gasteiger partial charge in [0.25, 0.3) is 0 Å². The van der Waals surface area contributed by atoms with Crippen molar-refractivity contribution in [3.05, 3.63) is 34.6 Å². The van der Waals surface area contributed by atoms with Gasteiger partial charge < -0.3 is 5.11 Å². The van der Waals surface area contributed by atoms with Crippen LogP contribution >= 0.6 is 11.6 Å². The van der Waals surface area contributed by atoms with Gasteiger partial charge in [0.15, 0.2) is 0 Å². The second-order valence-corrected chi connectivity index (χ2v) is 8.40. The van der Waals surface area contributed by atoms with Crippen LogP contribution in [0.25, 0.3) is 0 Å². The molecule has 0 spiro atoms. The number of benzene rings is 1. The molecule has 0 aliphatic heterocycles. The van der Waals surface area contributed by atoms with Crippen molar-refractivity contribution in [2.75, 3.05) is 0 Å². The van der Waals surface area contributed by atoms with E-state index >= 15 is 0 Å². The quantitative estimate of drug-likeness (QED) is 0.865. The van der Waals surface area contributed by atoms with Gasteiger partial charge in [-0.3, -0.25) is 4.79 Å². The van der Waals surface area contributed by atoms with Crippen molar-refractivity contribution in [1.82, 2.24) is 4.72 Å². The van der Waals surface area contributed by atoms with E-state index in [1.807, 2.05) is 0 Å². The monoisotopic (exact) mass is 337 g/mol. The third-order valence-corrected chi connectivity index (χ3v) is 5.34. The summed E-state index contributed by atoms with van der Waals surface area (Å²) in [5.41, 5.74) is -0.0993. The SMILES string of the molecule is CC(C)(C)S(=O)(=O)N[C@@H](CC(=O)O)c1cccc(Cl)c1F. The molecule has 0 aliphatic carbocycles. The Morgan fingerprint density at radius 3 is 2.48 bits per heavy atom. The number of rotatable bonds is 5. The highest BCUT2D eigenvalue weighted by molar-refractivity contribution is 7.90. The lowest BCUT2D eigenvalue weighted by Gasteiger charge is -2.25. The van der Waals surface area contributed by atoms with Crippen LogP contribution in [0.3, 0.4) is 0 Å². The fraction of sp³-hybridized carbons (Fsp3) is 0.462. The molecular weight excluding hydrogens is 321 g/mol. The highest BCUT2D eigenvalue weighted by atomic mass is 35.5. The first-order valence-corrected chi connectivity index (χ1v) is 7.99. The van der Waals surface area contributed by atoms with E-state index in [1.165, 1.54) is 39.0 Å².